The molecule has 1 aliphatic rings. The molecule has 0 aromatic carbocycles. The standard InChI is InChI=1S/C11H23N/c1-4-11(3)8-6-7-9-12(5-2)10-11/h4-10H2,1-3H3/t11-/m1/s1. The number of rotatable bonds is 2. The van der Waals surface area contributed by atoms with Crippen molar-refractivity contribution in [2.45, 2.75) is 46.5 Å². The summed E-state index contributed by atoms with van der Waals surface area (Å²) < 4.78 is 0. The SMILES string of the molecule is CCN1CCCC[C@@](C)(CC)C1. The van der Waals surface area contributed by atoms with Crippen LogP contribution in [0.3, 0.4) is 0 Å². The second-order valence-electron chi connectivity index (χ2n) is 4.49. The second kappa shape index (κ2) is 4.27. The van der Waals surface area contributed by atoms with Crippen molar-refractivity contribution in [2.24, 2.45) is 5.41 Å². The molecule has 1 atom stereocenters. The Bertz CT molecular complexity index is 133. The van der Waals surface area contributed by atoms with Gasteiger partial charge in [-0.2, -0.15) is 0 Å². The predicted octanol–water partition coefficient (Wildman–Crippen LogP) is 2.91. The zero-order chi connectivity index (χ0) is 9.03. The van der Waals surface area contributed by atoms with Crippen molar-refractivity contribution in [3.63, 3.8) is 0 Å². The summed E-state index contributed by atoms with van der Waals surface area (Å²) in [6, 6.07) is 0. The second-order valence-corrected chi connectivity index (χ2v) is 4.49. The van der Waals surface area contributed by atoms with Crippen LogP contribution < -0.4 is 0 Å². The maximum absolute atomic E-state index is 2.61. The lowest BCUT2D eigenvalue weighted by atomic mass is 9.83. The quantitative estimate of drug-likeness (QED) is 0.614. The third kappa shape index (κ3) is 2.48. The van der Waals surface area contributed by atoms with E-state index in [1.54, 1.807) is 0 Å². The lowest BCUT2D eigenvalue weighted by Gasteiger charge is -2.31. The van der Waals surface area contributed by atoms with Crippen LogP contribution in [0.2, 0.25) is 0 Å². The van der Waals surface area contributed by atoms with Crippen LogP contribution in [0, 0.1) is 5.41 Å². The van der Waals surface area contributed by atoms with E-state index in [2.05, 4.69) is 25.7 Å². The van der Waals surface area contributed by atoms with Gasteiger partial charge in [0.15, 0.2) is 0 Å². The lowest BCUT2D eigenvalue weighted by molar-refractivity contribution is 0.180. The Morgan fingerprint density at radius 3 is 2.58 bits per heavy atom. The van der Waals surface area contributed by atoms with Gasteiger partial charge >= 0.3 is 0 Å². The van der Waals surface area contributed by atoms with Gasteiger partial charge < -0.3 is 4.90 Å². The molecule has 0 bridgehead atoms. The Morgan fingerprint density at radius 2 is 2.00 bits per heavy atom. The smallest absolute Gasteiger partial charge is 0.00351 e. The fourth-order valence-electron chi connectivity index (χ4n) is 2.14. The summed E-state index contributed by atoms with van der Waals surface area (Å²) >= 11 is 0. The number of likely N-dealkylation sites (tertiary alicyclic amines) is 1. The number of nitrogens with zero attached hydrogens (tertiary/aromatic N) is 1. The molecule has 0 aromatic rings. The lowest BCUT2D eigenvalue weighted by Crippen LogP contribution is -2.33. The molecule has 1 heteroatoms. The summed E-state index contributed by atoms with van der Waals surface area (Å²) in [6.07, 6.45) is 5.60. The summed E-state index contributed by atoms with van der Waals surface area (Å²) in [5, 5.41) is 0. The fourth-order valence-corrected chi connectivity index (χ4v) is 2.14. The van der Waals surface area contributed by atoms with Gasteiger partial charge in [-0.3, -0.25) is 0 Å². The van der Waals surface area contributed by atoms with E-state index in [4.69, 9.17) is 0 Å². The summed E-state index contributed by atoms with van der Waals surface area (Å²) in [7, 11) is 0. The molecule has 1 nitrogen and oxygen atoms in total. The predicted molar refractivity (Wildman–Crippen MR) is 54.4 cm³/mol. The molecule has 72 valence electrons. The highest BCUT2D eigenvalue weighted by atomic mass is 15.1. The third-order valence-electron chi connectivity index (χ3n) is 3.41. The molecule has 0 aliphatic carbocycles. The molecule has 0 amide bonds. The van der Waals surface area contributed by atoms with Crippen LogP contribution in [0.1, 0.15) is 46.5 Å². The highest BCUT2D eigenvalue weighted by Crippen LogP contribution is 2.31. The zero-order valence-corrected chi connectivity index (χ0v) is 8.90. The highest BCUT2D eigenvalue weighted by Gasteiger charge is 2.26. The molecule has 1 aliphatic heterocycles. The highest BCUT2D eigenvalue weighted by molar-refractivity contribution is 4.79. The maximum Gasteiger partial charge on any atom is 0.00351 e. The van der Waals surface area contributed by atoms with Crippen molar-refractivity contribution < 1.29 is 0 Å². The van der Waals surface area contributed by atoms with Gasteiger partial charge in [0.05, 0.1) is 0 Å². The van der Waals surface area contributed by atoms with Crippen molar-refractivity contribution >= 4 is 0 Å². The summed E-state index contributed by atoms with van der Waals surface area (Å²) in [4.78, 5) is 2.61. The summed E-state index contributed by atoms with van der Waals surface area (Å²) in [6.45, 7) is 10.9. The fraction of sp³-hybridized carbons (Fsp3) is 1.00. The Kier molecular flexibility index (Phi) is 3.57. The van der Waals surface area contributed by atoms with E-state index in [-0.39, 0.29) is 0 Å². The normalized spacial score (nSPS) is 33.2. The maximum atomic E-state index is 2.61. The first-order valence-corrected chi connectivity index (χ1v) is 5.42. The van der Waals surface area contributed by atoms with Crippen LogP contribution >= 0.6 is 0 Å². The molecule has 1 heterocycles. The first-order valence-electron chi connectivity index (χ1n) is 5.42. The molecule has 0 N–H and O–H groups in total. The molecule has 0 spiro atoms. The Morgan fingerprint density at radius 1 is 1.25 bits per heavy atom. The van der Waals surface area contributed by atoms with Crippen molar-refractivity contribution in [3.05, 3.63) is 0 Å². The zero-order valence-electron chi connectivity index (χ0n) is 8.90. The van der Waals surface area contributed by atoms with E-state index in [9.17, 15) is 0 Å². The Hall–Kier alpha value is -0.0400. The molecule has 0 radical (unpaired) electrons. The van der Waals surface area contributed by atoms with Gasteiger partial charge in [-0.1, -0.05) is 27.2 Å². The van der Waals surface area contributed by atoms with Gasteiger partial charge in [-0.05, 0) is 37.8 Å². The van der Waals surface area contributed by atoms with Crippen molar-refractivity contribution in [1.29, 1.82) is 0 Å². The minimum Gasteiger partial charge on any atom is -0.303 e. The first-order chi connectivity index (χ1) is 5.70. The largest absolute Gasteiger partial charge is 0.303 e. The van der Waals surface area contributed by atoms with Gasteiger partial charge in [-0.15, -0.1) is 0 Å². The third-order valence-corrected chi connectivity index (χ3v) is 3.41. The van der Waals surface area contributed by atoms with Gasteiger partial charge in [0, 0.05) is 6.54 Å². The average molecular weight is 169 g/mol. The van der Waals surface area contributed by atoms with Gasteiger partial charge in [0.2, 0.25) is 0 Å². The van der Waals surface area contributed by atoms with E-state index in [1.165, 1.54) is 45.3 Å². The van der Waals surface area contributed by atoms with E-state index in [1.807, 2.05) is 0 Å². The number of hydrogen-bond donors (Lipinski definition) is 0. The van der Waals surface area contributed by atoms with E-state index in [0.29, 0.717) is 5.41 Å². The van der Waals surface area contributed by atoms with E-state index in [0.717, 1.165) is 0 Å². The van der Waals surface area contributed by atoms with Crippen molar-refractivity contribution in [2.75, 3.05) is 19.6 Å². The molecule has 0 aromatic heterocycles. The average Bonchev–Trinajstić information content (AvgIpc) is 2.28. The molecule has 1 fully saturated rings. The van der Waals surface area contributed by atoms with Crippen LogP contribution in [0.5, 0.6) is 0 Å². The van der Waals surface area contributed by atoms with Crippen LogP contribution in [0.25, 0.3) is 0 Å². The van der Waals surface area contributed by atoms with Crippen LogP contribution in [-0.4, -0.2) is 24.5 Å². The molecule has 12 heavy (non-hydrogen) atoms. The van der Waals surface area contributed by atoms with Crippen LogP contribution in [0.15, 0.2) is 0 Å². The molecular weight excluding hydrogens is 146 g/mol. The first kappa shape index (κ1) is 10.0. The van der Waals surface area contributed by atoms with Gasteiger partial charge in [-0.25, -0.2) is 0 Å². The van der Waals surface area contributed by atoms with E-state index >= 15 is 0 Å². The van der Waals surface area contributed by atoms with Gasteiger partial charge in [0.25, 0.3) is 0 Å². The van der Waals surface area contributed by atoms with Gasteiger partial charge in [0.1, 0.15) is 0 Å². The van der Waals surface area contributed by atoms with E-state index < -0.39 is 0 Å². The minimum atomic E-state index is 0.604. The molecule has 0 saturated carbocycles. The molecule has 1 rings (SSSR count). The van der Waals surface area contributed by atoms with Crippen LogP contribution in [-0.2, 0) is 0 Å². The Balaban J connectivity index is 2.52. The summed E-state index contributed by atoms with van der Waals surface area (Å²) in [5.74, 6) is 0. The molecule has 1 saturated heterocycles. The summed E-state index contributed by atoms with van der Waals surface area (Å²) in [5.41, 5.74) is 0.604. The van der Waals surface area contributed by atoms with Crippen molar-refractivity contribution in [1.82, 2.24) is 4.90 Å². The number of hydrogen-bond acceptors (Lipinski definition) is 1. The molecule has 0 unspecified atom stereocenters. The minimum absolute atomic E-state index is 0.604. The molecular formula is C11H23N. The van der Waals surface area contributed by atoms with Crippen molar-refractivity contribution in [3.8, 4) is 0 Å². The monoisotopic (exact) mass is 169 g/mol. The van der Waals surface area contributed by atoms with Crippen LogP contribution in [0.4, 0.5) is 0 Å². The Labute approximate surface area is 77.1 Å². The topological polar surface area (TPSA) is 3.24 Å².